The average molecular weight is 133 g/mol. The first-order chi connectivity index (χ1) is 3.95. The summed E-state index contributed by atoms with van der Waals surface area (Å²) in [7, 11) is 0. The molecule has 0 unspecified atom stereocenters. The van der Waals surface area contributed by atoms with Crippen molar-refractivity contribution in [1.29, 1.82) is 0 Å². The maximum absolute atomic E-state index is 10.3. The van der Waals surface area contributed by atoms with Crippen LogP contribution >= 0.6 is 0 Å². The van der Waals surface area contributed by atoms with Gasteiger partial charge in [-0.15, -0.1) is 0 Å². The highest BCUT2D eigenvalue weighted by molar-refractivity contribution is 5.70. The second kappa shape index (κ2) is 2.80. The molecule has 0 saturated carbocycles. The number of nitrogens with two attached hydrogens (primary N) is 1. The van der Waals surface area contributed by atoms with Crippen molar-refractivity contribution in [2.45, 2.75) is 19.6 Å². The molecule has 0 saturated heterocycles. The molecule has 0 amide bonds. The molecule has 0 radical (unpaired) electrons. The first kappa shape index (κ1) is 8.39. The van der Waals surface area contributed by atoms with E-state index >= 15 is 0 Å². The molecule has 0 aliphatic carbocycles. The highest BCUT2D eigenvalue weighted by Crippen LogP contribution is 1.97. The highest BCUT2D eigenvalue weighted by atomic mass is 16.6. The van der Waals surface area contributed by atoms with Gasteiger partial charge in [-0.05, 0) is 13.8 Å². The lowest BCUT2D eigenvalue weighted by Gasteiger charge is -2.18. The molecule has 4 heteroatoms. The Balaban J connectivity index is 3.60. The Hall–Kier alpha value is -0.610. The molecule has 0 aliphatic heterocycles. The van der Waals surface area contributed by atoms with Gasteiger partial charge in [0.2, 0.25) is 0 Å². The third kappa shape index (κ3) is 5.26. The molecule has 0 aliphatic rings. The van der Waals surface area contributed by atoms with E-state index in [9.17, 15) is 4.79 Å². The molecule has 0 bridgehead atoms. The fourth-order valence-electron chi connectivity index (χ4n) is 0.326. The van der Waals surface area contributed by atoms with Gasteiger partial charge in [0.05, 0.1) is 0 Å². The number of hydrogen-bond acceptors (Lipinski definition) is 4. The van der Waals surface area contributed by atoms with Crippen molar-refractivity contribution in [2.75, 3.05) is 6.61 Å². The lowest BCUT2D eigenvalue weighted by Crippen LogP contribution is -2.38. The summed E-state index contributed by atoms with van der Waals surface area (Å²) < 4.78 is 4.48. The van der Waals surface area contributed by atoms with Gasteiger partial charge in [-0.25, -0.2) is 4.79 Å². The van der Waals surface area contributed by atoms with Gasteiger partial charge in [0.1, 0.15) is 6.61 Å². The van der Waals surface area contributed by atoms with Gasteiger partial charge >= 0.3 is 5.97 Å². The van der Waals surface area contributed by atoms with Crippen LogP contribution in [0.3, 0.4) is 0 Å². The van der Waals surface area contributed by atoms with Gasteiger partial charge in [0, 0.05) is 0 Å². The van der Waals surface area contributed by atoms with Crippen LogP contribution in [0.1, 0.15) is 13.8 Å². The normalized spacial score (nSPS) is 11.1. The topological polar surface area (TPSA) is 72.5 Å². The van der Waals surface area contributed by atoms with Crippen LogP contribution < -0.4 is 5.73 Å². The van der Waals surface area contributed by atoms with Crippen molar-refractivity contribution < 1.29 is 14.6 Å². The predicted octanol–water partition coefficient (Wildman–Crippen LogP) is -0.783. The summed E-state index contributed by atoms with van der Waals surface area (Å²) >= 11 is 0. The molecule has 0 heterocycles. The van der Waals surface area contributed by atoms with Crippen molar-refractivity contribution in [3.8, 4) is 0 Å². The largest absolute Gasteiger partial charge is 0.443 e. The predicted molar refractivity (Wildman–Crippen MR) is 31.4 cm³/mol. The first-order valence-corrected chi connectivity index (χ1v) is 2.57. The summed E-state index contributed by atoms with van der Waals surface area (Å²) in [5.41, 5.74) is 4.27. The van der Waals surface area contributed by atoms with Crippen molar-refractivity contribution in [2.24, 2.45) is 5.73 Å². The number of esters is 1. The van der Waals surface area contributed by atoms with Crippen molar-refractivity contribution in [1.82, 2.24) is 0 Å². The second-order valence-corrected chi connectivity index (χ2v) is 2.24. The van der Waals surface area contributed by atoms with Gasteiger partial charge in [0.25, 0.3) is 0 Å². The number of aliphatic hydroxyl groups excluding tert-OH is 1. The molecular formula is C5H11NO3. The summed E-state index contributed by atoms with van der Waals surface area (Å²) in [6.45, 7) is 2.43. The zero-order valence-corrected chi connectivity index (χ0v) is 5.55. The number of hydrogen-bond donors (Lipinski definition) is 2. The minimum absolute atomic E-state index is 0.624. The third-order valence-electron chi connectivity index (χ3n) is 0.506. The lowest BCUT2D eigenvalue weighted by atomic mass is 10.3. The summed E-state index contributed by atoms with van der Waals surface area (Å²) in [5.74, 6) is -0.706. The van der Waals surface area contributed by atoms with Crippen molar-refractivity contribution >= 4 is 5.97 Å². The van der Waals surface area contributed by atoms with Gasteiger partial charge in [-0.1, -0.05) is 0 Å². The number of rotatable bonds is 2. The van der Waals surface area contributed by atoms with E-state index in [4.69, 9.17) is 10.8 Å². The molecule has 3 N–H and O–H groups in total. The van der Waals surface area contributed by atoms with E-state index in [0.29, 0.717) is 0 Å². The Morgan fingerprint density at radius 1 is 1.78 bits per heavy atom. The Morgan fingerprint density at radius 3 is 2.33 bits per heavy atom. The molecule has 4 nitrogen and oxygen atoms in total. The maximum atomic E-state index is 10.3. The van der Waals surface area contributed by atoms with Crippen LogP contribution in [0.4, 0.5) is 0 Å². The number of carbonyl (C=O) groups is 1. The number of aliphatic hydroxyl groups is 1. The van der Waals surface area contributed by atoms with Crippen LogP contribution in [0, 0.1) is 0 Å². The minimum atomic E-state index is -0.986. The van der Waals surface area contributed by atoms with E-state index < -0.39 is 18.3 Å². The monoisotopic (exact) mass is 133 g/mol. The summed E-state index contributed by atoms with van der Waals surface area (Å²) in [6, 6.07) is 0. The zero-order valence-electron chi connectivity index (χ0n) is 5.55. The Labute approximate surface area is 53.6 Å². The molecular weight excluding hydrogens is 122 g/mol. The van der Waals surface area contributed by atoms with Crippen molar-refractivity contribution in [3.63, 3.8) is 0 Å². The van der Waals surface area contributed by atoms with Gasteiger partial charge in [0.15, 0.2) is 5.72 Å². The molecule has 0 aromatic carbocycles. The van der Waals surface area contributed by atoms with Crippen LogP contribution in [0.15, 0.2) is 0 Å². The van der Waals surface area contributed by atoms with Gasteiger partial charge in [-0.2, -0.15) is 0 Å². The van der Waals surface area contributed by atoms with E-state index in [1.54, 1.807) is 0 Å². The molecule has 0 atom stereocenters. The molecule has 0 aromatic heterocycles. The van der Waals surface area contributed by atoms with E-state index in [-0.39, 0.29) is 0 Å². The van der Waals surface area contributed by atoms with Crippen LogP contribution in [0.25, 0.3) is 0 Å². The molecule has 9 heavy (non-hydrogen) atoms. The van der Waals surface area contributed by atoms with Crippen molar-refractivity contribution in [3.05, 3.63) is 0 Å². The molecule has 0 aromatic rings. The molecule has 54 valence electrons. The van der Waals surface area contributed by atoms with Crippen LogP contribution in [0.5, 0.6) is 0 Å². The van der Waals surface area contributed by atoms with E-state index in [1.165, 1.54) is 13.8 Å². The summed E-state index contributed by atoms with van der Waals surface area (Å²) in [5, 5.41) is 8.17. The molecule has 0 spiro atoms. The van der Waals surface area contributed by atoms with E-state index in [1.807, 2.05) is 0 Å². The number of carbonyl (C=O) groups excluding carboxylic acids is 1. The highest BCUT2D eigenvalue weighted by Gasteiger charge is 2.14. The second-order valence-electron chi connectivity index (χ2n) is 2.24. The Bertz CT molecular complexity index is 105. The molecule has 0 fully saturated rings. The number of ether oxygens (including phenoxy) is 1. The van der Waals surface area contributed by atoms with E-state index in [0.717, 1.165) is 0 Å². The van der Waals surface area contributed by atoms with Crippen LogP contribution in [-0.2, 0) is 9.53 Å². The van der Waals surface area contributed by atoms with Crippen LogP contribution in [0.2, 0.25) is 0 Å². The van der Waals surface area contributed by atoms with Crippen LogP contribution in [-0.4, -0.2) is 23.4 Å². The maximum Gasteiger partial charge on any atom is 0.333 e. The smallest absolute Gasteiger partial charge is 0.333 e. The first-order valence-electron chi connectivity index (χ1n) is 2.57. The fraction of sp³-hybridized carbons (Fsp3) is 0.800. The van der Waals surface area contributed by atoms with Gasteiger partial charge < -0.3 is 9.84 Å². The Morgan fingerprint density at radius 2 is 2.22 bits per heavy atom. The Kier molecular flexibility index (Phi) is 2.61. The summed E-state index contributed by atoms with van der Waals surface area (Å²) in [6.07, 6.45) is 0. The minimum Gasteiger partial charge on any atom is -0.443 e. The SMILES string of the molecule is CC(C)(N)OC(=O)CO. The lowest BCUT2D eigenvalue weighted by molar-refractivity contribution is -0.159. The van der Waals surface area contributed by atoms with Gasteiger partial charge in [-0.3, -0.25) is 5.73 Å². The quantitative estimate of drug-likeness (QED) is 0.382. The third-order valence-corrected chi connectivity index (χ3v) is 0.506. The average Bonchev–Trinajstić information content (AvgIpc) is 1.62. The molecule has 0 rings (SSSR count). The standard InChI is InChI=1S/C5H11NO3/c1-5(2,6)9-4(8)3-7/h7H,3,6H2,1-2H3. The fourth-order valence-corrected chi connectivity index (χ4v) is 0.326. The summed E-state index contributed by atoms with van der Waals surface area (Å²) in [4.78, 5) is 10.3. The zero-order chi connectivity index (χ0) is 7.49. The van der Waals surface area contributed by atoms with E-state index in [2.05, 4.69) is 4.74 Å².